The van der Waals surface area contributed by atoms with Crippen molar-refractivity contribution >= 4 is 16.7 Å². The van der Waals surface area contributed by atoms with Gasteiger partial charge in [0.05, 0.1) is 23.7 Å². The summed E-state index contributed by atoms with van der Waals surface area (Å²) < 4.78 is 50.3. The third-order valence-electron chi connectivity index (χ3n) is 4.45. The van der Waals surface area contributed by atoms with Crippen LogP contribution < -0.4 is 10.1 Å². The molecule has 0 radical (unpaired) electrons. The molecule has 1 aromatic heterocycles. The van der Waals surface area contributed by atoms with Crippen molar-refractivity contribution < 1.29 is 22.3 Å². The van der Waals surface area contributed by atoms with Gasteiger partial charge in [0.1, 0.15) is 17.1 Å². The van der Waals surface area contributed by atoms with Gasteiger partial charge in [-0.3, -0.25) is 0 Å². The SMILES string of the molecule is COc1ccc(-c2cc(=Nc3cccc(C(F)(F)F)c3)c3ccccc3o2)cc1. The van der Waals surface area contributed by atoms with Crippen molar-refractivity contribution in [1.29, 1.82) is 0 Å². The molecule has 0 saturated heterocycles. The number of rotatable bonds is 3. The quantitative estimate of drug-likeness (QED) is 0.405. The number of benzene rings is 3. The van der Waals surface area contributed by atoms with Crippen LogP contribution in [-0.2, 0) is 6.18 Å². The molecule has 0 unspecified atom stereocenters. The lowest BCUT2D eigenvalue weighted by molar-refractivity contribution is -0.137. The predicted molar refractivity (Wildman–Crippen MR) is 105 cm³/mol. The van der Waals surface area contributed by atoms with Gasteiger partial charge >= 0.3 is 6.18 Å². The molecule has 4 aromatic rings. The Morgan fingerprint density at radius 3 is 2.34 bits per heavy atom. The molecular formula is C23H16F3NO2. The van der Waals surface area contributed by atoms with Gasteiger partial charge in [0.2, 0.25) is 0 Å². The van der Waals surface area contributed by atoms with Gasteiger partial charge in [0.25, 0.3) is 0 Å². The lowest BCUT2D eigenvalue weighted by Gasteiger charge is -2.08. The third kappa shape index (κ3) is 4.01. The second-order valence-corrected chi connectivity index (χ2v) is 6.38. The molecule has 0 amide bonds. The van der Waals surface area contributed by atoms with Crippen molar-refractivity contribution in [3.8, 4) is 17.1 Å². The number of para-hydroxylation sites is 1. The molecule has 3 nitrogen and oxygen atoms in total. The Kier molecular flexibility index (Phi) is 4.84. The van der Waals surface area contributed by atoms with Crippen LogP contribution in [0.15, 0.2) is 88.3 Å². The molecule has 0 aliphatic carbocycles. The first kappa shape index (κ1) is 18.8. The maximum absolute atomic E-state index is 13.0. The highest BCUT2D eigenvalue weighted by Gasteiger charge is 2.30. The monoisotopic (exact) mass is 395 g/mol. The molecule has 0 bridgehead atoms. The topological polar surface area (TPSA) is 34.7 Å². The van der Waals surface area contributed by atoms with Crippen molar-refractivity contribution in [3.63, 3.8) is 0 Å². The van der Waals surface area contributed by atoms with Gasteiger partial charge < -0.3 is 9.15 Å². The first-order chi connectivity index (χ1) is 13.9. The molecule has 0 spiro atoms. The zero-order chi connectivity index (χ0) is 20.4. The average molecular weight is 395 g/mol. The van der Waals surface area contributed by atoms with Gasteiger partial charge in [-0.25, -0.2) is 4.99 Å². The van der Waals surface area contributed by atoms with E-state index in [0.717, 1.165) is 17.7 Å². The first-order valence-corrected chi connectivity index (χ1v) is 8.83. The fourth-order valence-electron chi connectivity index (χ4n) is 3.00. The number of methoxy groups -OCH3 is 1. The van der Waals surface area contributed by atoms with Crippen molar-refractivity contribution in [3.05, 3.63) is 89.8 Å². The van der Waals surface area contributed by atoms with E-state index in [-0.39, 0.29) is 5.69 Å². The van der Waals surface area contributed by atoms with E-state index in [1.54, 1.807) is 25.3 Å². The molecular weight excluding hydrogens is 379 g/mol. The number of ether oxygens (including phenoxy) is 1. The number of halogens is 3. The summed E-state index contributed by atoms with van der Waals surface area (Å²) in [6, 6.07) is 21.3. The predicted octanol–water partition coefficient (Wildman–Crippen LogP) is 6.36. The van der Waals surface area contributed by atoms with E-state index in [1.165, 1.54) is 6.07 Å². The van der Waals surface area contributed by atoms with E-state index in [1.807, 2.05) is 42.5 Å². The van der Waals surface area contributed by atoms with Gasteiger partial charge in [0.15, 0.2) is 0 Å². The maximum atomic E-state index is 13.0. The Balaban J connectivity index is 1.90. The van der Waals surface area contributed by atoms with Crippen LogP contribution >= 0.6 is 0 Å². The van der Waals surface area contributed by atoms with Crippen molar-refractivity contribution in [2.75, 3.05) is 7.11 Å². The normalized spacial score (nSPS) is 12.3. The minimum atomic E-state index is -4.42. The van der Waals surface area contributed by atoms with E-state index in [4.69, 9.17) is 9.15 Å². The Bertz CT molecular complexity index is 1230. The zero-order valence-corrected chi connectivity index (χ0v) is 15.4. The Hall–Kier alpha value is -3.54. The molecule has 0 atom stereocenters. The number of fused-ring (bicyclic) bond motifs is 1. The largest absolute Gasteiger partial charge is 0.497 e. The summed E-state index contributed by atoms with van der Waals surface area (Å²) in [4.78, 5) is 4.48. The number of hydrogen-bond donors (Lipinski definition) is 0. The third-order valence-corrected chi connectivity index (χ3v) is 4.45. The molecule has 4 rings (SSSR count). The second kappa shape index (κ2) is 7.47. The molecule has 29 heavy (non-hydrogen) atoms. The molecule has 0 saturated carbocycles. The summed E-state index contributed by atoms with van der Waals surface area (Å²) in [5.41, 5.74) is 0.875. The summed E-state index contributed by atoms with van der Waals surface area (Å²) in [5.74, 6) is 1.26. The highest BCUT2D eigenvalue weighted by atomic mass is 19.4. The summed E-state index contributed by atoms with van der Waals surface area (Å²) in [7, 11) is 1.58. The van der Waals surface area contributed by atoms with Crippen LogP contribution in [0.5, 0.6) is 5.75 Å². The van der Waals surface area contributed by atoms with Crippen molar-refractivity contribution in [1.82, 2.24) is 0 Å². The molecule has 0 aliphatic heterocycles. The van der Waals surface area contributed by atoms with Crippen LogP contribution in [0, 0.1) is 0 Å². The molecule has 0 aliphatic rings. The number of alkyl halides is 3. The van der Waals surface area contributed by atoms with Gasteiger partial charge in [-0.1, -0.05) is 18.2 Å². The van der Waals surface area contributed by atoms with Gasteiger partial charge in [-0.05, 0) is 54.6 Å². The van der Waals surface area contributed by atoms with E-state index in [2.05, 4.69) is 4.99 Å². The smallest absolute Gasteiger partial charge is 0.416 e. The molecule has 0 N–H and O–H groups in total. The second-order valence-electron chi connectivity index (χ2n) is 6.38. The molecule has 146 valence electrons. The Morgan fingerprint density at radius 1 is 0.862 bits per heavy atom. The van der Waals surface area contributed by atoms with Crippen LogP contribution in [0.25, 0.3) is 22.3 Å². The molecule has 0 fully saturated rings. The van der Waals surface area contributed by atoms with Crippen LogP contribution in [0.1, 0.15) is 5.56 Å². The number of hydrogen-bond acceptors (Lipinski definition) is 3. The van der Waals surface area contributed by atoms with Crippen LogP contribution in [0.4, 0.5) is 18.9 Å². The highest BCUT2D eigenvalue weighted by Crippen LogP contribution is 2.31. The average Bonchev–Trinajstić information content (AvgIpc) is 2.73. The van der Waals surface area contributed by atoms with E-state index >= 15 is 0 Å². The summed E-state index contributed by atoms with van der Waals surface area (Å²) in [5, 5.41) is 1.24. The summed E-state index contributed by atoms with van der Waals surface area (Å²) in [6.45, 7) is 0. The van der Waals surface area contributed by atoms with E-state index in [0.29, 0.717) is 27.8 Å². The fourth-order valence-corrected chi connectivity index (χ4v) is 3.00. The Labute approximate surface area is 164 Å². The summed E-state index contributed by atoms with van der Waals surface area (Å²) in [6.07, 6.45) is -4.42. The van der Waals surface area contributed by atoms with Gasteiger partial charge in [0, 0.05) is 17.0 Å². The van der Waals surface area contributed by atoms with E-state index < -0.39 is 11.7 Å². The molecule has 1 heterocycles. The van der Waals surface area contributed by atoms with Gasteiger partial charge in [-0.2, -0.15) is 13.2 Å². The summed E-state index contributed by atoms with van der Waals surface area (Å²) >= 11 is 0. The van der Waals surface area contributed by atoms with Crippen LogP contribution in [0.2, 0.25) is 0 Å². The van der Waals surface area contributed by atoms with Crippen molar-refractivity contribution in [2.24, 2.45) is 4.99 Å². The standard InChI is InChI=1S/C23H16F3NO2/c1-28-18-11-9-15(10-12-18)22-14-20(19-7-2-3-8-21(19)29-22)27-17-6-4-5-16(13-17)23(24,25)26/h2-14H,1H3. The Morgan fingerprint density at radius 2 is 1.62 bits per heavy atom. The zero-order valence-electron chi connectivity index (χ0n) is 15.4. The first-order valence-electron chi connectivity index (χ1n) is 8.83. The lowest BCUT2D eigenvalue weighted by Crippen LogP contribution is -2.05. The lowest BCUT2D eigenvalue weighted by atomic mass is 10.1. The van der Waals surface area contributed by atoms with Crippen LogP contribution in [-0.4, -0.2) is 7.11 Å². The van der Waals surface area contributed by atoms with Crippen molar-refractivity contribution in [2.45, 2.75) is 6.18 Å². The van der Waals surface area contributed by atoms with Gasteiger partial charge in [-0.15, -0.1) is 0 Å². The maximum Gasteiger partial charge on any atom is 0.416 e. The number of nitrogens with zero attached hydrogens (tertiary/aromatic N) is 1. The highest BCUT2D eigenvalue weighted by molar-refractivity contribution is 5.78. The molecule has 6 heteroatoms. The molecule has 3 aromatic carbocycles. The minimum Gasteiger partial charge on any atom is -0.497 e. The van der Waals surface area contributed by atoms with Crippen LogP contribution in [0.3, 0.4) is 0 Å². The van der Waals surface area contributed by atoms with E-state index in [9.17, 15) is 13.2 Å². The minimum absolute atomic E-state index is 0.219. The fraction of sp³-hybridized carbons (Fsp3) is 0.0870.